The summed E-state index contributed by atoms with van der Waals surface area (Å²) < 4.78 is 0. The molecule has 0 saturated heterocycles. The maximum Gasteiger partial charge on any atom is 0.00128 e. The number of unbranched alkanes of at least 4 members (excludes halogenated alkanes) is 6. The van der Waals surface area contributed by atoms with Gasteiger partial charge in [-0.15, -0.1) is 6.58 Å². The Labute approximate surface area is 119 Å². The third-order valence-corrected chi connectivity index (χ3v) is 4.88. The smallest absolute Gasteiger partial charge is 0.00128 e. The van der Waals surface area contributed by atoms with E-state index in [4.69, 9.17) is 0 Å². The van der Waals surface area contributed by atoms with Crippen LogP contribution >= 0.6 is 0 Å². The highest BCUT2D eigenvalue weighted by Gasteiger charge is 2.35. The van der Waals surface area contributed by atoms with Crippen molar-refractivity contribution in [2.45, 2.75) is 71.1 Å². The maximum absolute atomic E-state index is 3.77. The first kappa shape index (κ1) is 14.6. The highest BCUT2D eigenvalue weighted by molar-refractivity contribution is 5.33. The molecule has 0 radical (unpaired) electrons. The fourth-order valence-corrected chi connectivity index (χ4v) is 3.82. The molecule has 0 heterocycles. The summed E-state index contributed by atoms with van der Waals surface area (Å²) in [5.74, 6) is 1.74. The van der Waals surface area contributed by atoms with Crippen molar-refractivity contribution in [1.82, 2.24) is 0 Å². The van der Waals surface area contributed by atoms with Gasteiger partial charge in [-0.2, -0.15) is 0 Å². The standard InChI is InChI=1S/C19H30/c1-3-5-6-7-8-9-10-11-12-18-14-16-13-17(4-2)19(18)15-16/h3-4,14,16,19H,1,5-13,15H2,2H3. The second-order valence-electron chi connectivity index (χ2n) is 6.31. The van der Waals surface area contributed by atoms with Gasteiger partial charge in [0.2, 0.25) is 0 Å². The third kappa shape index (κ3) is 4.09. The van der Waals surface area contributed by atoms with Gasteiger partial charge >= 0.3 is 0 Å². The zero-order valence-corrected chi connectivity index (χ0v) is 12.7. The SMILES string of the molecule is C=CCCCCCCCCC1=CC2CC(=CC)C1C2. The fourth-order valence-electron chi connectivity index (χ4n) is 3.82. The Kier molecular flexibility index (Phi) is 5.94. The van der Waals surface area contributed by atoms with E-state index in [1.54, 1.807) is 11.1 Å². The van der Waals surface area contributed by atoms with Crippen LogP contribution in [0.15, 0.2) is 36.0 Å². The lowest BCUT2D eigenvalue weighted by Gasteiger charge is -2.16. The molecule has 2 aliphatic rings. The molecule has 19 heavy (non-hydrogen) atoms. The zero-order chi connectivity index (χ0) is 13.5. The lowest BCUT2D eigenvalue weighted by atomic mass is 9.89. The first-order valence-corrected chi connectivity index (χ1v) is 8.31. The van der Waals surface area contributed by atoms with Crippen molar-refractivity contribution >= 4 is 0 Å². The topological polar surface area (TPSA) is 0 Å². The zero-order valence-electron chi connectivity index (χ0n) is 12.7. The van der Waals surface area contributed by atoms with Gasteiger partial charge in [0.1, 0.15) is 0 Å². The molecule has 2 unspecified atom stereocenters. The minimum absolute atomic E-state index is 0.850. The Balaban J connectivity index is 1.55. The van der Waals surface area contributed by atoms with Crippen LogP contribution in [0.5, 0.6) is 0 Å². The Bertz CT molecular complexity index is 345. The van der Waals surface area contributed by atoms with Crippen molar-refractivity contribution in [2.75, 3.05) is 0 Å². The molecule has 0 spiro atoms. The van der Waals surface area contributed by atoms with E-state index in [2.05, 4.69) is 25.7 Å². The minimum atomic E-state index is 0.850. The van der Waals surface area contributed by atoms with Gasteiger partial charge in [0, 0.05) is 5.92 Å². The predicted octanol–water partition coefficient (Wildman–Crippen LogP) is 6.21. The van der Waals surface area contributed by atoms with Crippen LogP contribution < -0.4 is 0 Å². The Morgan fingerprint density at radius 1 is 1.16 bits per heavy atom. The van der Waals surface area contributed by atoms with Crippen LogP contribution in [0, 0.1) is 11.8 Å². The summed E-state index contributed by atoms with van der Waals surface area (Å²) in [4.78, 5) is 0. The van der Waals surface area contributed by atoms with Crippen molar-refractivity contribution in [1.29, 1.82) is 0 Å². The van der Waals surface area contributed by atoms with Gasteiger partial charge in [-0.25, -0.2) is 0 Å². The van der Waals surface area contributed by atoms with Gasteiger partial charge in [-0.3, -0.25) is 0 Å². The lowest BCUT2D eigenvalue weighted by molar-refractivity contribution is 0.585. The molecule has 0 aromatic heterocycles. The van der Waals surface area contributed by atoms with E-state index in [9.17, 15) is 0 Å². The Morgan fingerprint density at radius 3 is 2.58 bits per heavy atom. The van der Waals surface area contributed by atoms with E-state index in [1.807, 2.05) is 6.08 Å². The van der Waals surface area contributed by atoms with Crippen molar-refractivity contribution in [2.24, 2.45) is 11.8 Å². The second kappa shape index (κ2) is 7.72. The number of rotatable bonds is 9. The quantitative estimate of drug-likeness (QED) is 0.341. The van der Waals surface area contributed by atoms with Crippen LogP contribution in [0.3, 0.4) is 0 Å². The van der Waals surface area contributed by atoms with E-state index in [0.29, 0.717) is 0 Å². The molecule has 0 heteroatoms. The van der Waals surface area contributed by atoms with Gasteiger partial charge in [0.15, 0.2) is 0 Å². The van der Waals surface area contributed by atoms with Gasteiger partial charge in [-0.1, -0.05) is 55.1 Å². The Hall–Kier alpha value is -0.780. The number of hydrogen-bond acceptors (Lipinski definition) is 0. The van der Waals surface area contributed by atoms with Crippen LogP contribution in [0.25, 0.3) is 0 Å². The number of hydrogen-bond donors (Lipinski definition) is 0. The van der Waals surface area contributed by atoms with Gasteiger partial charge in [-0.05, 0) is 51.4 Å². The van der Waals surface area contributed by atoms with E-state index < -0.39 is 0 Å². The van der Waals surface area contributed by atoms with Crippen molar-refractivity contribution < 1.29 is 0 Å². The first-order chi connectivity index (χ1) is 9.35. The summed E-state index contributed by atoms with van der Waals surface area (Å²) in [6.07, 6.45) is 20.8. The summed E-state index contributed by atoms with van der Waals surface area (Å²) in [5.41, 5.74) is 3.50. The summed E-state index contributed by atoms with van der Waals surface area (Å²) in [6.45, 7) is 5.99. The molecule has 2 rings (SSSR count). The highest BCUT2D eigenvalue weighted by atomic mass is 14.4. The molecular formula is C19H30. The predicted molar refractivity (Wildman–Crippen MR) is 85.2 cm³/mol. The average molecular weight is 258 g/mol. The number of allylic oxidation sites excluding steroid dienone is 5. The van der Waals surface area contributed by atoms with Crippen LogP contribution in [-0.2, 0) is 0 Å². The maximum atomic E-state index is 3.77. The average Bonchev–Trinajstić information content (AvgIpc) is 3.01. The fraction of sp³-hybridized carbons (Fsp3) is 0.684. The molecule has 0 aromatic rings. The molecule has 2 aliphatic carbocycles. The first-order valence-electron chi connectivity index (χ1n) is 8.31. The van der Waals surface area contributed by atoms with E-state index >= 15 is 0 Å². The van der Waals surface area contributed by atoms with Gasteiger partial charge in [0.05, 0.1) is 0 Å². The third-order valence-electron chi connectivity index (χ3n) is 4.88. The molecule has 0 N–H and O–H groups in total. The summed E-state index contributed by atoms with van der Waals surface area (Å²) >= 11 is 0. The van der Waals surface area contributed by atoms with Crippen molar-refractivity contribution in [3.63, 3.8) is 0 Å². The largest absolute Gasteiger partial charge is 0.103 e. The molecule has 106 valence electrons. The molecule has 0 amide bonds. The molecule has 2 bridgehead atoms. The Morgan fingerprint density at radius 2 is 1.89 bits per heavy atom. The van der Waals surface area contributed by atoms with Crippen LogP contribution in [-0.4, -0.2) is 0 Å². The van der Waals surface area contributed by atoms with Crippen molar-refractivity contribution in [3.8, 4) is 0 Å². The summed E-state index contributed by atoms with van der Waals surface area (Å²) in [7, 11) is 0. The van der Waals surface area contributed by atoms with E-state index in [1.165, 1.54) is 64.2 Å². The summed E-state index contributed by atoms with van der Waals surface area (Å²) in [5, 5.41) is 0. The molecule has 0 aromatic carbocycles. The van der Waals surface area contributed by atoms with Crippen LogP contribution in [0.1, 0.15) is 71.1 Å². The second-order valence-corrected chi connectivity index (χ2v) is 6.31. The minimum Gasteiger partial charge on any atom is -0.103 e. The molecular weight excluding hydrogens is 228 g/mol. The molecule has 2 atom stereocenters. The van der Waals surface area contributed by atoms with Crippen LogP contribution in [0.2, 0.25) is 0 Å². The van der Waals surface area contributed by atoms with Crippen LogP contribution in [0.4, 0.5) is 0 Å². The van der Waals surface area contributed by atoms with E-state index in [-0.39, 0.29) is 0 Å². The van der Waals surface area contributed by atoms with Gasteiger partial charge < -0.3 is 0 Å². The molecule has 1 fully saturated rings. The monoisotopic (exact) mass is 258 g/mol. The highest BCUT2D eigenvalue weighted by Crippen LogP contribution is 2.48. The molecule has 0 aliphatic heterocycles. The summed E-state index contributed by atoms with van der Waals surface area (Å²) in [6, 6.07) is 0. The molecule has 0 nitrogen and oxygen atoms in total. The van der Waals surface area contributed by atoms with Gasteiger partial charge in [0.25, 0.3) is 0 Å². The number of fused-ring (bicyclic) bond motifs is 2. The molecule has 1 saturated carbocycles. The van der Waals surface area contributed by atoms with Crippen molar-refractivity contribution in [3.05, 3.63) is 36.0 Å². The van der Waals surface area contributed by atoms with E-state index in [0.717, 1.165) is 11.8 Å². The lowest BCUT2D eigenvalue weighted by Crippen LogP contribution is -2.01. The normalized spacial score (nSPS) is 27.0.